The molecule has 8 heteroatoms. The van der Waals surface area contributed by atoms with Crippen LogP contribution in [0.5, 0.6) is 5.88 Å². The van der Waals surface area contributed by atoms with Crippen molar-refractivity contribution >= 4 is 23.2 Å². The molecule has 0 saturated heterocycles. The van der Waals surface area contributed by atoms with Crippen LogP contribution < -0.4 is 4.74 Å². The van der Waals surface area contributed by atoms with E-state index in [1.165, 1.54) is 4.68 Å². The normalized spacial score (nSPS) is 14.4. The number of hydrogen-bond acceptors (Lipinski definition) is 5. The molecule has 4 rings (SSSR count). The second kappa shape index (κ2) is 5.06. The van der Waals surface area contributed by atoms with Gasteiger partial charge in [-0.2, -0.15) is 5.10 Å². The number of carbonyl (C=O) groups excluding carboxylic acids is 1. The number of ether oxygens (including phenoxy) is 1. The summed E-state index contributed by atoms with van der Waals surface area (Å²) in [7, 11) is 1.71. The Hall–Kier alpha value is -2.41. The Labute approximate surface area is 136 Å². The average molecular weight is 332 g/mol. The van der Waals surface area contributed by atoms with Gasteiger partial charge in [0.05, 0.1) is 11.3 Å². The molecule has 0 spiro atoms. The third-order valence-corrected chi connectivity index (χ3v) is 4.24. The number of carbonyl (C=O) groups is 1. The molecule has 0 aliphatic heterocycles. The van der Waals surface area contributed by atoms with Crippen molar-refractivity contribution < 1.29 is 9.53 Å². The number of aryl methyl sites for hydroxylation is 2. The van der Waals surface area contributed by atoms with E-state index in [1.807, 2.05) is 11.3 Å². The van der Waals surface area contributed by atoms with Gasteiger partial charge in [0, 0.05) is 25.2 Å². The Kier molecular flexibility index (Phi) is 3.12. The van der Waals surface area contributed by atoms with Crippen LogP contribution >= 0.6 is 11.6 Å². The molecule has 0 bridgehead atoms. The summed E-state index contributed by atoms with van der Waals surface area (Å²) in [5.41, 5.74) is 1.50. The van der Waals surface area contributed by atoms with Gasteiger partial charge < -0.3 is 4.74 Å². The van der Waals surface area contributed by atoms with E-state index in [2.05, 4.69) is 15.3 Å². The molecule has 0 aromatic carbocycles. The Morgan fingerprint density at radius 1 is 1.39 bits per heavy atom. The van der Waals surface area contributed by atoms with E-state index in [0.717, 1.165) is 24.4 Å². The minimum Gasteiger partial charge on any atom is -0.404 e. The van der Waals surface area contributed by atoms with Crippen molar-refractivity contribution in [3.63, 3.8) is 0 Å². The molecule has 0 N–H and O–H groups in total. The summed E-state index contributed by atoms with van der Waals surface area (Å²) in [6.07, 6.45) is 3.99. The van der Waals surface area contributed by atoms with Crippen LogP contribution in [0.2, 0.25) is 5.02 Å². The van der Waals surface area contributed by atoms with Gasteiger partial charge in [0.25, 0.3) is 0 Å². The van der Waals surface area contributed by atoms with Crippen molar-refractivity contribution in [1.82, 2.24) is 24.4 Å². The van der Waals surface area contributed by atoms with Crippen LogP contribution in [0.15, 0.2) is 18.3 Å². The molecule has 3 aromatic heterocycles. The largest absolute Gasteiger partial charge is 0.404 e. The van der Waals surface area contributed by atoms with Crippen molar-refractivity contribution in [2.75, 3.05) is 0 Å². The number of esters is 1. The van der Waals surface area contributed by atoms with Gasteiger partial charge in [0.15, 0.2) is 5.65 Å². The van der Waals surface area contributed by atoms with Crippen LogP contribution in [0.4, 0.5) is 0 Å². The highest BCUT2D eigenvalue weighted by Crippen LogP contribution is 2.39. The Morgan fingerprint density at radius 2 is 2.17 bits per heavy atom. The minimum atomic E-state index is -0.545. The standard InChI is InChI=1S/C15H14ClN5O2/c1-8-7-11(20(2)19-8)23-15(22)10-5-6-21-13(9-3-4-9)17-18-14(21)12(10)16/h5-7,9H,3-4H2,1-2H3. The summed E-state index contributed by atoms with van der Waals surface area (Å²) < 4.78 is 8.71. The maximum atomic E-state index is 12.4. The molecule has 0 atom stereocenters. The highest BCUT2D eigenvalue weighted by atomic mass is 35.5. The minimum absolute atomic E-state index is 0.246. The first-order chi connectivity index (χ1) is 11.0. The summed E-state index contributed by atoms with van der Waals surface area (Å²) in [4.78, 5) is 12.4. The van der Waals surface area contributed by atoms with Crippen LogP contribution in [-0.4, -0.2) is 30.3 Å². The molecule has 1 fully saturated rings. The zero-order chi connectivity index (χ0) is 16.1. The quantitative estimate of drug-likeness (QED) is 0.689. The smallest absolute Gasteiger partial charge is 0.346 e. The van der Waals surface area contributed by atoms with E-state index in [9.17, 15) is 4.79 Å². The van der Waals surface area contributed by atoms with Gasteiger partial charge in [-0.1, -0.05) is 11.6 Å². The van der Waals surface area contributed by atoms with Crippen molar-refractivity contribution in [3.8, 4) is 5.88 Å². The van der Waals surface area contributed by atoms with Gasteiger partial charge in [0.1, 0.15) is 10.8 Å². The molecule has 0 unspecified atom stereocenters. The van der Waals surface area contributed by atoms with Crippen LogP contribution in [0.25, 0.3) is 5.65 Å². The second-order valence-electron chi connectivity index (χ2n) is 5.71. The number of hydrogen-bond donors (Lipinski definition) is 0. The third-order valence-electron chi connectivity index (χ3n) is 3.86. The number of pyridine rings is 1. The Morgan fingerprint density at radius 3 is 2.83 bits per heavy atom. The van der Waals surface area contributed by atoms with Crippen LogP contribution in [0, 0.1) is 6.92 Å². The molecule has 0 radical (unpaired) electrons. The maximum Gasteiger partial charge on any atom is 0.346 e. The van der Waals surface area contributed by atoms with Gasteiger partial charge in [-0.25, -0.2) is 9.48 Å². The monoisotopic (exact) mass is 331 g/mol. The lowest BCUT2D eigenvalue weighted by molar-refractivity contribution is 0.0720. The fourth-order valence-corrected chi connectivity index (χ4v) is 2.82. The fourth-order valence-electron chi connectivity index (χ4n) is 2.55. The second-order valence-corrected chi connectivity index (χ2v) is 6.08. The number of nitrogens with zero attached hydrogens (tertiary/aromatic N) is 5. The first-order valence-corrected chi connectivity index (χ1v) is 7.68. The molecule has 23 heavy (non-hydrogen) atoms. The number of aromatic nitrogens is 5. The lowest BCUT2D eigenvalue weighted by Gasteiger charge is -2.07. The van der Waals surface area contributed by atoms with Crippen molar-refractivity contribution in [3.05, 3.63) is 40.4 Å². The van der Waals surface area contributed by atoms with Gasteiger partial charge in [0.2, 0.25) is 5.88 Å². The molecule has 1 aliphatic rings. The van der Waals surface area contributed by atoms with Crippen molar-refractivity contribution in [1.29, 1.82) is 0 Å². The zero-order valence-electron chi connectivity index (χ0n) is 12.7. The van der Waals surface area contributed by atoms with Gasteiger partial charge in [-0.3, -0.25) is 4.40 Å². The van der Waals surface area contributed by atoms with Crippen molar-refractivity contribution in [2.24, 2.45) is 7.05 Å². The van der Waals surface area contributed by atoms with Crippen LogP contribution in [0.3, 0.4) is 0 Å². The summed E-state index contributed by atoms with van der Waals surface area (Å²) >= 11 is 6.34. The average Bonchev–Trinajstić information content (AvgIpc) is 3.17. The summed E-state index contributed by atoms with van der Waals surface area (Å²) in [6.45, 7) is 1.83. The Bertz CT molecular complexity index is 925. The zero-order valence-corrected chi connectivity index (χ0v) is 13.4. The molecule has 3 aromatic rings. The SMILES string of the molecule is Cc1cc(OC(=O)c2ccn3c(C4CC4)nnc3c2Cl)n(C)n1. The van der Waals surface area contributed by atoms with E-state index in [4.69, 9.17) is 16.3 Å². The molecule has 3 heterocycles. The molecule has 118 valence electrons. The topological polar surface area (TPSA) is 74.3 Å². The number of rotatable bonds is 3. The molecular formula is C15H14ClN5O2. The van der Waals surface area contributed by atoms with Gasteiger partial charge in [-0.05, 0) is 25.8 Å². The molecule has 1 aliphatic carbocycles. The number of fused-ring (bicyclic) bond motifs is 1. The lowest BCUT2D eigenvalue weighted by Crippen LogP contribution is -2.12. The highest BCUT2D eigenvalue weighted by molar-refractivity contribution is 6.36. The number of halogens is 1. The van der Waals surface area contributed by atoms with E-state index in [-0.39, 0.29) is 10.6 Å². The van der Waals surface area contributed by atoms with Gasteiger partial charge >= 0.3 is 5.97 Å². The van der Waals surface area contributed by atoms with Crippen molar-refractivity contribution in [2.45, 2.75) is 25.7 Å². The first-order valence-electron chi connectivity index (χ1n) is 7.30. The van der Waals surface area contributed by atoms with Crippen LogP contribution in [-0.2, 0) is 7.05 Å². The lowest BCUT2D eigenvalue weighted by atomic mass is 10.2. The molecule has 7 nitrogen and oxygen atoms in total. The first kappa shape index (κ1) is 14.2. The maximum absolute atomic E-state index is 12.4. The highest BCUT2D eigenvalue weighted by Gasteiger charge is 2.29. The van der Waals surface area contributed by atoms with E-state index < -0.39 is 5.97 Å². The Balaban J connectivity index is 1.69. The summed E-state index contributed by atoms with van der Waals surface area (Å²) in [5, 5.41) is 12.7. The predicted octanol–water partition coefficient (Wildman–Crippen LogP) is 2.52. The molecular weight excluding hydrogens is 318 g/mol. The fraction of sp³-hybridized carbons (Fsp3) is 0.333. The molecule has 0 amide bonds. The van der Waals surface area contributed by atoms with E-state index >= 15 is 0 Å². The predicted molar refractivity (Wildman–Crippen MR) is 82.9 cm³/mol. The van der Waals surface area contributed by atoms with Gasteiger partial charge in [-0.15, -0.1) is 10.2 Å². The third kappa shape index (κ3) is 2.37. The summed E-state index contributed by atoms with van der Waals surface area (Å²) in [6, 6.07) is 3.32. The summed E-state index contributed by atoms with van der Waals surface area (Å²) in [5.74, 6) is 1.15. The van der Waals surface area contributed by atoms with Crippen LogP contribution in [0.1, 0.15) is 40.6 Å². The molecule has 1 saturated carbocycles. The van der Waals surface area contributed by atoms with E-state index in [1.54, 1.807) is 25.4 Å². The van der Waals surface area contributed by atoms with E-state index in [0.29, 0.717) is 17.4 Å².